The molecule has 0 aliphatic heterocycles. The van der Waals surface area contributed by atoms with Crippen LogP contribution in [0.3, 0.4) is 0 Å². The number of carbonyl (C=O) groups is 1. The van der Waals surface area contributed by atoms with Gasteiger partial charge < -0.3 is 0 Å². The van der Waals surface area contributed by atoms with E-state index in [0.29, 0.717) is 53.7 Å². The molecule has 6 aromatic rings. The zero-order valence-electron chi connectivity index (χ0n) is 20.0. The van der Waals surface area contributed by atoms with Gasteiger partial charge in [0, 0.05) is 11.1 Å². The molecule has 0 bridgehead atoms. The van der Waals surface area contributed by atoms with E-state index in [4.69, 9.17) is 28.2 Å². The van der Waals surface area contributed by atoms with Crippen LogP contribution in [-0.2, 0) is 0 Å². The number of nitrogens with zero attached hydrogens (tertiary/aromatic N) is 4. The van der Waals surface area contributed by atoms with Gasteiger partial charge in [0.1, 0.15) is 10.8 Å². The Kier molecular flexibility index (Phi) is 6.66. The maximum absolute atomic E-state index is 13.6. The van der Waals surface area contributed by atoms with Gasteiger partial charge >= 0.3 is 0 Å². The smallest absolute Gasteiger partial charge is 0.266 e. The van der Waals surface area contributed by atoms with Crippen molar-refractivity contribution < 1.29 is 4.79 Å². The van der Waals surface area contributed by atoms with Gasteiger partial charge in [0.05, 0.1) is 32.2 Å². The predicted molar refractivity (Wildman–Crippen MR) is 156 cm³/mol. The molecule has 0 unspecified atom stereocenters. The van der Waals surface area contributed by atoms with Crippen molar-refractivity contribution in [2.45, 2.75) is 0 Å². The van der Waals surface area contributed by atoms with Crippen LogP contribution in [-0.4, -0.2) is 25.7 Å². The molecule has 39 heavy (non-hydrogen) atoms. The van der Waals surface area contributed by atoms with Gasteiger partial charge in [-0.3, -0.25) is 19.5 Å². The number of hydrogen-bond donors (Lipinski definition) is 1. The van der Waals surface area contributed by atoms with Crippen molar-refractivity contribution >= 4 is 56.5 Å². The Hall–Kier alpha value is -4.37. The number of para-hydroxylation sites is 1. The van der Waals surface area contributed by atoms with Crippen LogP contribution in [0.15, 0.2) is 102 Å². The highest BCUT2D eigenvalue weighted by Gasteiger charge is 2.17. The van der Waals surface area contributed by atoms with Crippen LogP contribution in [0.1, 0.15) is 10.4 Å². The standard InChI is InChI=1S/C29H17Cl2N5O2S/c30-22-10-4-1-7-19(22)25-32-24-12-6-3-9-21(24)28(38)36(25)18-15-13-17(14-16-18)27-34-35-29(39-27)33-26(37)20-8-2-5-11-23(20)31/h1-16H,(H,33,35,37). The van der Waals surface area contributed by atoms with Crippen molar-refractivity contribution in [3.05, 3.63) is 123 Å². The molecule has 10 heteroatoms. The second kappa shape index (κ2) is 10.4. The quantitative estimate of drug-likeness (QED) is 0.238. The minimum absolute atomic E-state index is 0.205. The van der Waals surface area contributed by atoms with Crippen LogP contribution >= 0.6 is 34.5 Å². The lowest BCUT2D eigenvalue weighted by atomic mass is 10.1. The summed E-state index contributed by atoms with van der Waals surface area (Å²) in [6, 6.07) is 28.6. The van der Waals surface area contributed by atoms with E-state index in [-0.39, 0.29) is 11.5 Å². The number of anilines is 1. The molecule has 1 amide bonds. The molecule has 0 spiro atoms. The van der Waals surface area contributed by atoms with Crippen LogP contribution in [0.4, 0.5) is 5.13 Å². The summed E-state index contributed by atoms with van der Waals surface area (Å²) < 4.78 is 1.56. The summed E-state index contributed by atoms with van der Waals surface area (Å²) in [5.74, 6) is 0.0754. The van der Waals surface area contributed by atoms with Crippen LogP contribution in [0.5, 0.6) is 0 Å². The van der Waals surface area contributed by atoms with E-state index in [1.54, 1.807) is 41.0 Å². The lowest BCUT2D eigenvalue weighted by Gasteiger charge is -2.15. The van der Waals surface area contributed by atoms with Crippen molar-refractivity contribution in [1.29, 1.82) is 0 Å². The van der Waals surface area contributed by atoms with E-state index in [9.17, 15) is 9.59 Å². The van der Waals surface area contributed by atoms with Gasteiger partial charge in [0.2, 0.25) is 5.13 Å². The minimum atomic E-state index is -0.367. The summed E-state index contributed by atoms with van der Waals surface area (Å²) in [6.07, 6.45) is 0. The van der Waals surface area contributed by atoms with Crippen LogP contribution < -0.4 is 10.9 Å². The Morgan fingerprint density at radius 3 is 2.26 bits per heavy atom. The largest absolute Gasteiger partial charge is 0.296 e. The van der Waals surface area contributed by atoms with Crippen molar-refractivity contribution in [2.75, 3.05) is 5.32 Å². The first kappa shape index (κ1) is 24.9. The molecule has 0 saturated heterocycles. The number of benzene rings is 4. The van der Waals surface area contributed by atoms with Crippen LogP contribution in [0.25, 0.3) is 38.5 Å². The summed E-state index contributed by atoms with van der Waals surface area (Å²) in [5.41, 5.74) is 2.77. The van der Waals surface area contributed by atoms with Gasteiger partial charge in [-0.1, -0.05) is 70.9 Å². The van der Waals surface area contributed by atoms with E-state index in [2.05, 4.69) is 15.5 Å². The normalized spacial score (nSPS) is 11.0. The molecule has 0 fully saturated rings. The zero-order valence-corrected chi connectivity index (χ0v) is 22.3. The minimum Gasteiger partial charge on any atom is -0.296 e. The van der Waals surface area contributed by atoms with Gasteiger partial charge in [-0.2, -0.15) is 0 Å². The number of carbonyl (C=O) groups excluding carboxylic acids is 1. The number of aromatic nitrogens is 4. The maximum Gasteiger partial charge on any atom is 0.266 e. The third-order valence-electron chi connectivity index (χ3n) is 6.03. The van der Waals surface area contributed by atoms with Gasteiger partial charge in [0.25, 0.3) is 11.5 Å². The first-order valence-electron chi connectivity index (χ1n) is 11.8. The molecule has 0 radical (unpaired) electrons. The molecule has 6 rings (SSSR count). The van der Waals surface area contributed by atoms with Crippen LogP contribution in [0, 0.1) is 0 Å². The molecule has 0 atom stereocenters. The summed E-state index contributed by atoms with van der Waals surface area (Å²) >= 11 is 13.9. The second-order valence-corrected chi connectivity index (χ2v) is 10.3. The number of halogens is 2. The SMILES string of the molecule is O=C(Nc1nnc(-c2ccc(-n3c(-c4ccccc4Cl)nc4ccccc4c3=O)cc2)s1)c1ccccc1Cl. The molecular weight excluding hydrogens is 553 g/mol. The Morgan fingerprint density at radius 1 is 0.795 bits per heavy atom. The van der Waals surface area contributed by atoms with Crippen LogP contribution in [0.2, 0.25) is 10.0 Å². The zero-order chi connectivity index (χ0) is 26.9. The van der Waals surface area contributed by atoms with Gasteiger partial charge in [-0.15, -0.1) is 10.2 Å². The Morgan fingerprint density at radius 2 is 1.49 bits per heavy atom. The average Bonchev–Trinajstić information content (AvgIpc) is 3.42. The van der Waals surface area contributed by atoms with Crippen molar-refractivity contribution in [2.24, 2.45) is 0 Å². The van der Waals surface area contributed by atoms with Gasteiger partial charge in [0.15, 0.2) is 0 Å². The Balaban J connectivity index is 1.36. The van der Waals surface area contributed by atoms with E-state index >= 15 is 0 Å². The third kappa shape index (κ3) is 4.81. The van der Waals surface area contributed by atoms with E-state index in [1.807, 2.05) is 60.7 Å². The first-order chi connectivity index (χ1) is 19.0. The first-order valence-corrected chi connectivity index (χ1v) is 13.3. The predicted octanol–water partition coefficient (Wildman–Crippen LogP) is 7.13. The number of hydrogen-bond acceptors (Lipinski definition) is 6. The Bertz CT molecular complexity index is 1920. The average molecular weight is 570 g/mol. The molecule has 0 saturated carbocycles. The summed E-state index contributed by atoms with van der Waals surface area (Å²) in [4.78, 5) is 31.0. The summed E-state index contributed by atoms with van der Waals surface area (Å²) in [7, 11) is 0. The Labute approximate surface area is 236 Å². The molecule has 0 aliphatic carbocycles. The lowest BCUT2D eigenvalue weighted by molar-refractivity contribution is 0.102. The lowest BCUT2D eigenvalue weighted by Crippen LogP contribution is -2.22. The number of nitrogens with one attached hydrogen (secondary N) is 1. The highest BCUT2D eigenvalue weighted by Crippen LogP contribution is 2.31. The van der Waals surface area contributed by atoms with Gasteiger partial charge in [-0.05, 0) is 60.7 Å². The third-order valence-corrected chi connectivity index (χ3v) is 7.57. The molecule has 7 nitrogen and oxygen atoms in total. The molecular formula is C29H17Cl2N5O2S. The van der Waals surface area contributed by atoms with Crippen molar-refractivity contribution in [1.82, 2.24) is 19.7 Å². The summed E-state index contributed by atoms with van der Waals surface area (Å²) in [5, 5.41) is 13.3. The molecule has 1 N–H and O–H groups in total. The van der Waals surface area contributed by atoms with E-state index in [0.717, 1.165) is 5.56 Å². The van der Waals surface area contributed by atoms with Gasteiger partial charge in [-0.25, -0.2) is 4.98 Å². The maximum atomic E-state index is 13.6. The highest BCUT2D eigenvalue weighted by atomic mass is 35.5. The summed E-state index contributed by atoms with van der Waals surface area (Å²) in [6.45, 7) is 0. The molecule has 0 aliphatic rings. The molecule has 2 aromatic heterocycles. The number of amides is 1. The topological polar surface area (TPSA) is 89.8 Å². The number of fused-ring (bicyclic) bond motifs is 1. The molecule has 190 valence electrons. The van der Waals surface area contributed by atoms with E-state index < -0.39 is 0 Å². The van der Waals surface area contributed by atoms with Crippen molar-refractivity contribution in [3.63, 3.8) is 0 Å². The van der Waals surface area contributed by atoms with Crippen molar-refractivity contribution in [3.8, 4) is 27.6 Å². The fourth-order valence-corrected chi connectivity index (χ4v) is 5.33. The molecule has 4 aromatic carbocycles. The monoisotopic (exact) mass is 569 g/mol. The fourth-order valence-electron chi connectivity index (χ4n) is 4.15. The second-order valence-electron chi connectivity index (χ2n) is 8.47. The highest BCUT2D eigenvalue weighted by molar-refractivity contribution is 7.18. The number of rotatable bonds is 5. The fraction of sp³-hybridized carbons (Fsp3) is 0. The molecule has 2 heterocycles. The van der Waals surface area contributed by atoms with E-state index in [1.165, 1.54) is 11.3 Å².